The average Bonchev–Trinajstić information content (AvgIpc) is 3.11. The highest BCUT2D eigenvalue weighted by molar-refractivity contribution is 5.80. The Morgan fingerprint density at radius 1 is 1.00 bits per heavy atom. The number of hydrogen-bond acceptors (Lipinski definition) is 3. The predicted molar refractivity (Wildman–Crippen MR) is 106 cm³/mol. The van der Waals surface area contributed by atoms with Gasteiger partial charge in [0.1, 0.15) is 6.54 Å². The molecule has 2 aromatic heterocycles. The van der Waals surface area contributed by atoms with Gasteiger partial charge in [-0.25, -0.2) is 4.98 Å². The largest absolute Gasteiger partial charge is 0.354 e. The number of fused-ring (bicyclic) bond motifs is 2. The van der Waals surface area contributed by atoms with Gasteiger partial charge >= 0.3 is 0 Å². The summed E-state index contributed by atoms with van der Waals surface area (Å²) in [6, 6.07) is 17.6. The second kappa shape index (κ2) is 7.45. The summed E-state index contributed by atoms with van der Waals surface area (Å²) in [5.74, 6) is -0.175. The van der Waals surface area contributed by atoms with Crippen molar-refractivity contribution in [2.24, 2.45) is 0 Å². The molecule has 1 amide bonds. The molecule has 1 N–H and O–H groups in total. The normalized spacial score (nSPS) is 11.1. The molecule has 0 aliphatic carbocycles. The highest BCUT2D eigenvalue weighted by atomic mass is 16.2. The van der Waals surface area contributed by atoms with Gasteiger partial charge < -0.3 is 9.88 Å². The van der Waals surface area contributed by atoms with E-state index in [2.05, 4.69) is 39.3 Å². The lowest BCUT2D eigenvalue weighted by molar-refractivity contribution is -0.121. The average molecular weight is 360 g/mol. The first-order valence-corrected chi connectivity index (χ1v) is 8.97. The molecule has 0 fully saturated rings. The molecule has 4 rings (SSSR count). The summed E-state index contributed by atoms with van der Waals surface area (Å²) < 4.78 is 3.64. The number of hydrogen-bond donors (Lipinski definition) is 1. The summed E-state index contributed by atoms with van der Waals surface area (Å²) in [7, 11) is 0. The van der Waals surface area contributed by atoms with Crippen LogP contribution in [0.1, 0.15) is 6.42 Å². The van der Waals surface area contributed by atoms with Crippen LogP contribution in [0.2, 0.25) is 0 Å². The van der Waals surface area contributed by atoms with Crippen molar-refractivity contribution in [1.82, 2.24) is 19.4 Å². The summed E-state index contributed by atoms with van der Waals surface area (Å²) in [6.07, 6.45) is 4.14. The quantitative estimate of drug-likeness (QED) is 0.537. The number of nitrogens with one attached hydrogen (secondary N) is 1. The number of para-hydroxylation sites is 3. The van der Waals surface area contributed by atoms with E-state index in [1.165, 1.54) is 21.7 Å². The molecule has 0 saturated carbocycles. The molecule has 0 aliphatic heterocycles. The van der Waals surface area contributed by atoms with Gasteiger partial charge in [-0.15, -0.1) is 0 Å². The van der Waals surface area contributed by atoms with Crippen LogP contribution in [0.25, 0.3) is 21.9 Å². The molecule has 0 bridgehead atoms. The number of carbonyl (C=O) groups is 1. The summed E-state index contributed by atoms with van der Waals surface area (Å²) >= 11 is 0. The minimum absolute atomic E-state index is 0.00564. The van der Waals surface area contributed by atoms with Crippen molar-refractivity contribution < 1.29 is 4.79 Å². The molecule has 0 radical (unpaired) electrons. The van der Waals surface area contributed by atoms with Gasteiger partial charge in [-0.1, -0.05) is 30.3 Å². The van der Waals surface area contributed by atoms with Crippen molar-refractivity contribution in [3.05, 3.63) is 77.3 Å². The van der Waals surface area contributed by atoms with Crippen LogP contribution in [0.4, 0.5) is 0 Å². The molecule has 27 heavy (non-hydrogen) atoms. The van der Waals surface area contributed by atoms with Crippen molar-refractivity contribution >= 4 is 27.8 Å². The maximum Gasteiger partial charge on any atom is 0.269 e. The molecule has 2 heterocycles. The van der Waals surface area contributed by atoms with Crippen LogP contribution >= 0.6 is 0 Å². The molecule has 0 spiro atoms. The lowest BCUT2D eigenvalue weighted by Crippen LogP contribution is -2.33. The third-order valence-electron chi connectivity index (χ3n) is 4.63. The van der Waals surface area contributed by atoms with E-state index >= 15 is 0 Å². The Hall–Kier alpha value is -3.41. The van der Waals surface area contributed by atoms with Gasteiger partial charge in [0, 0.05) is 24.8 Å². The Bertz CT molecular complexity index is 1160. The third-order valence-corrected chi connectivity index (χ3v) is 4.63. The fourth-order valence-corrected chi connectivity index (χ4v) is 3.29. The Morgan fingerprint density at radius 2 is 1.78 bits per heavy atom. The van der Waals surface area contributed by atoms with E-state index < -0.39 is 0 Å². The first-order valence-electron chi connectivity index (χ1n) is 8.97. The molecule has 4 aromatic rings. The first-order chi connectivity index (χ1) is 13.2. The fraction of sp³-hybridized carbons (Fsp3) is 0.190. The van der Waals surface area contributed by atoms with E-state index in [-0.39, 0.29) is 18.0 Å². The van der Waals surface area contributed by atoms with Crippen molar-refractivity contribution in [2.75, 3.05) is 6.54 Å². The smallest absolute Gasteiger partial charge is 0.269 e. The van der Waals surface area contributed by atoms with Crippen molar-refractivity contribution in [3.8, 4) is 0 Å². The zero-order valence-electron chi connectivity index (χ0n) is 14.8. The maximum atomic E-state index is 12.3. The minimum Gasteiger partial charge on any atom is -0.354 e. The summed E-state index contributed by atoms with van der Waals surface area (Å²) in [5.41, 5.74) is 2.28. The number of rotatable bonds is 6. The number of aryl methyl sites for hydroxylation is 1. The van der Waals surface area contributed by atoms with Gasteiger partial charge in [0.2, 0.25) is 5.91 Å². The Balaban J connectivity index is 1.35. The van der Waals surface area contributed by atoms with E-state index in [4.69, 9.17) is 0 Å². The molecule has 136 valence electrons. The van der Waals surface area contributed by atoms with Crippen LogP contribution < -0.4 is 10.9 Å². The number of aromatic nitrogens is 3. The van der Waals surface area contributed by atoms with Crippen LogP contribution in [-0.2, 0) is 17.9 Å². The molecule has 0 unspecified atom stereocenters. The van der Waals surface area contributed by atoms with Gasteiger partial charge in [0.05, 0.1) is 17.2 Å². The summed E-state index contributed by atoms with van der Waals surface area (Å²) in [6.45, 7) is 1.38. The van der Waals surface area contributed by atoms with E-state index in [1.807, 2.05) is 30.3 Å². The number of carbonyl (C=O) groups excluding carboxylic acids is 1. The van der Waals surface area contributed by atoms with Gasteiger partial charge in [-0.3, -0.25) is 14.2 Å². The lowest BCUT2D eigenvalue weighted by atomic mass is 10.2. The van der Waals surface area contributed by atoms with Crippen LogP contribution in [0.3, 0.4) is 0 Å². The van der Waals surface area contributed by atoms with E-state index in [0.717, 1.165) is 13.0 Å². The third kappa shape index (κ3) is 3.60. The van der Waals surface area contributed by atoms with Crippen molar-refractivity contribution in [2.45, 2.75) is 19.5 Å². The van der Waals surface area contributed by atoms with Gasteiger partial charge in [0.25, 0.3) is 5.56 Å². The summed E-state index contributed by atoms with van der Waals surface area (Å²) in [5, 5.41) is 4.11. The number of amides is 1. The van der Waals surface area contributed by atoms with Crippen molar-refractivity contribution in [1.29, 1.82) is 0 Å². The maximum absolute atomic E-state index is 12.3. The highest BCUT2D eigenvalue weighted by Crippen LogP contribution is 2.15. The molecule has 0 atom stereocenters. The van der Waals surface area contributed by atoms with Gasteiger partial charge in [0.15, 0.2) is 0 Å². The summed E-state index contributed by atoms with van der Waals surface area (Å²) in [4.78, 5) is 28.5. The minimum atomic E-state index is -0.275. The van der Waals surface area contributed by atoms with Crippen LogP contribution in [0, 0.1) is 0 Å². The number of benzene rings is 2. The molecule has 6 heteroatoms. The number of nitrogens with zero attached hydrogens (tertiary/aromatic N) is 3. The van der Waals surface area contributed by atoms with E-state index in [1.54, 1.807) is 6.07 Å². The zero-order valence-corrected chi connectivity index (χ0v) is 14.8. The molecule has 0 saturated heterocycles. The Labute approximate surface area is 156 Å². The Morgan fingerprint density at radius 3 is 2.67 bits per heavy atom. The van der Waals surface area contributed by atoms with Crippen LogP contribution in [0.15, 0.2) is 71.8 Å². The zero-order chi connectivity index (χ0) is 18.6. The van der Waals surface area contributed by atoms with Crippen LogP contribution in [0.5, 0.6) is 0 Å². The van der Waals surface area contributed by atoms with E-state index in [9.17, 15) is 9.59 Å². The standard InChI is InChI=1S/C21H20N4O2/c26-20(15-25-19-9-4-2-7-17(19)23-14-21(25)27)22-11-5-12-24-13-10-16-6-1-3-8-18(16)24/h1-4,6-10,13-14H,5,11-12,15H2,(H,22,26). The molecular formula is C21H20N4O2. The van der Waals surface area contributed by atoms with Gasteiger partial charge in [-0.2, -0.15) is 0 Å². The second-order valence-electron chi connectivity index (χ2n) is 6.44. The lowest BCUT2D eigenvalue weighted by Gasteiger charge is -2.10. The SMILES string of the molecule is O=C(Cn1c(=O)cnc2ccccc21)NCCCn1ccc2ccccc21. The highest BCUT2D eigenvalue weighted by Gasteiger charge is 2.08. The molecule has 0 aliphatic rings. The molecule has 2 aromatic carbocycles. The molecule has 6 nitrogen and oxygen atoms in total. The van der Waals surface area contributed by atoms with Crippen molar-refractivity contribution in [3.63, 3.8) is 0 Å². The molecular weight excluding hydrogens is 340 g/mol. The predicted octanol–water partition coefficient (Wildman–Crippen LogP) is 2.56. The monoisotopic (exact) mass is 360 g/mol. The topological polar surface area (TPSA) is 68.9 Å². The Kier molecular flexibility index (Phi) is 4.70. The first kappa shape index (κ1) is 17.0. The second-order valence-corrected chi connectivity index (χ2v) is 6.44. The van der Waals surface area contributed by atoms with Crippen LogP contribution in [-0.4, -0.2) is 26.6 Å². The van der Waals surface area contributed by atoms with Gasteiger partial charge in [-0.05, 0) is 36.1 Å². The van der Waals surface area contributed by atoms with E-state index in [0.29, 0.717) is 17.6 Å². The fourth-order valence-electron chi connectivity index (χ4n) is 3.29.